The third-order valence-electron chi connectivity index (χ3n) is 3.79. The molecular weight excluding hydrogens is 252 g/mol. The highest BCUT2D eigenvalue weighted by Gasteiger charge is 2.30. The average Bonchev–Trinajstić information content (AvgIpc) is 2.53. The van der Waals surface area contributed by atoms with Crippen LogP contribution in [-0.2, 0) is 0 Å². The molecule has 0 saturated carbocycles. The smallest absolute Gasteiger partial charge is 0.0213 e. The molecule has 2 aromatic carbocycles. The Morgan fingerprint density at radius 3 is 2.19 bits per heavy atom. The second-order valence-electron chi connectivity index (χ2n) is 5.05. The molecule has 0 nitrogen and oxygen atoms in total. The standard InChI is InChI=1S/C21H16/c1-2-3-6-15-19-20(17-11-7-4-8-12-17)16-21(19)18-13-9-5-10-14-18/h4-5,7-14,20H,16H2,1H3. The normalized spacial score (nSPS) is 16.1. The molecule has 100 valence electrons. The summed E-state index contributed by atoms with van der Waals surface area (Å²) >= 11 is 0. The Kier molecular flexibility index (Phi) is 3.90. The fourth-order valence-electron chi connectivity index (χ4n) is 2.70. The van der Waals surface area contributed by atoms with E-state index in [4.69, 9.17) is 0 Å². The Labute approximate surface area is 126 Å². The first-order chi connectivity index (χ1) is 10.4. The van der Waals surface area contributed by atoms with Gasteiger partial charge in [0.2, 0.25) is 0 Å². The first-order valence-corrected chi connectivity index (χ1v) is 7.16. The molecule has 0 aliphatic heterocycles. The molecule has 2 aromatic rings. The van der Waals surface area contributed by atoms with Crippen molar-refractivity contribution in [2.45, 2.75) is 19.3 Å². The van der Waals surface area contributed by atoms with Crippen LogP contribution in [0.15, 0.2) is 66.2 Å². The van der Waals surface area contributed by atoms with Gasteiger partial charge in [0, 0.05) is 11.5 Å². The molecule has 3 rings (SSSR count). The van der Waals surface area contributed by atoms with Gasteiger partial charge in [-0.25, -0.2) is 0 Å². The van der Waals surface area contributed by atoms with Crippen molar-refractivity contribution in [3.05, 3.63) is 77.4 Å². The lowest BCUT2D eigenvalue weighted by molar-refractivity contribution is 0.781. The Morgan fingerprint density at radius 1 is 0.857 bits per heavy atom. The highest BCUT2D eigenvalue weighted by atomic mass is 14.3. The van der Waals surface area contributed by atoms with Gasteiger partial charge in [-0.05, 0) is 41.9 Å². The molecule has 0 fully saturated rings. The number of hydrogen-bond donors (Lipinski definition) is 0. The van der Waals surface area contributed by atoms with Crippen molar-refractivity contribution in [3.8, 4) is 23.7 Å². The molecule has 0 spiro atoms. The van der Waals surface area contributed by atoms with Gasteiger partial charge < -0.3 is 0 Å². The fourth-order valence-corrected chi connectivity index (χ4v) is 2.70. The minimum Gasteiger partial charge on any atom is -0.0925 e. The van der Waals surface area contributed by atoms with Gasteiger partial charge in [0.25, 0.3) is 0 Å². The molecule has 0 bridgehead atoms. The lowest BCUT2D eigenvalue weighted by Gasteiger charge is -2.31. The van der Waals surface area contributed by atoms with E-state index in [0.29, 0.717) is 5.92 Å². The maximum atomic E-state index is 3.27. The van der Waals surface area contributed by atoms with Crippen LogP contribution in [-0.4, -0.2) is 0 Å². The van der Waals surface area contributed by atoms with Gasteiger partial charge in [0.05, 0.1) is 0 Å². The monoisotopic (exact) mass is 268 g/mol. The Bertz CT molecular complexity index is 772. The second-order valence-corrected chi connectivity index (χ2v) is 5.05. The third-order valence-corrected chi connectivity index (χ3v) is 3.79. The van der Waals surface area contributed by atoms with Gasteiger partial charge in [0.1, 0.15) is 0 Å². The predicted molar refractivity (Wildman–Crippen MR) is 88.4 cm³/mol. The summed E-state index contributed by atoms with van der Waals surface area (Å²) in [5, 5.41) is 0. The van der Waals surface area contributed by atoms with Gasteiger partial charge in [0.15, 0.2) is 0 Å². The first-order valence-electron chi connectivity index (χ1n) is 7.16. The van der Waals surface area contributed by atoms with E-state index in [2.05, 4.69) is 78.3 Å². The highest BCUT2D eigenvalue weighted by Crippen LogP contribution is 2.46. The van der Waals surface area contributed by atoms with E-state index < -0.39 is 0 Å². The van der Waals surface area contributed by atoms with Crippen LogP contribution in [0, 0.1) is 23.7 Å². The van der Waals surface area contributed by atoms with Crippen LogP contribution in [0.2, 0.25) is 0 Å². The van der Waals surface area contributed by atoms with Crippen LogP contribution in [0.1, 0.15) is 30.4 Å². The second kappa shape index (κ2) is 6.17. The molecule has 0 aromatic heterocycles. The Balaban J connectivity index is 2.01. The van der Waals surface area contributed by atoms with E-state index in [9.17, 15) is 0 Å². The molecule has 0 amide bonds. The number of hydrogen-bond acceptors (Lipinski definition) is 0. The van der Waals surface area contributed by atoms with E-state index in [1.165, 1.54) is 22.3 Å². The van der Waals surface area contributed by atoms with Crippen molar-refractivity contribution in [3.63, 3.8) is 0 Å². The minimum absolute atomic E-state index is 0.410. The lowest BCUT2D eigenvalue weighted by atomic mass is 9.71. The van der Waals surface area contributed by atoms with Crippen LogP contribution in [0.5, 0.6) is 0 Å². The quantitative estimate of drug-likeness (QED) is 0.695. The van der Waals surface area contributed by atoms with E-state index in [0.717, 1.165) is 6.42 Å². The van der Waals surface area contributed by atoms with Crippen molar-refractivity contribution in [2.75, 3.05) is 0 Å². The predicted octanol–water partition coefficient (Wildman–Crippen LogP) is 4.65. The van der Waals surface area contributed by atoms with Crippen molar-refractivity contribution in [1.29, 1.82) is 0 Å². The number of benzene rings is 2. The molecule has 0 heterocycles. The molecule has 0 radical (unpaired) electrons. The molecule has 1 aliphatic carbocycles. The summed E-state index contributed by atoms with van der Waals surface area (Å²) in [6.07, 6.45) is 1.05. The largest absolute Gasteiger partial charge is 0.0925 e. The Morgan fingerprint density at radius 2 is 1.52 bits per heavy atom. The van der Waals surface area contributed by atoms with Crippen LogP contribution >= 0.6 is 0 Å². The maximum Gasteiger partial charge on any atom is 0.0213 e. The van der Waals surface area contributed by atoms with Gasteiger partial charge in [-0.3, -0.25) is 0 Å². The Hall–Kier alpha value is -2.70. The average molecular weight is 268 g/mol. The zero-order valence-corrected chi connectivity index (χ0v) is 12.1. The molecule has 21 heavy (non-hydrogen) atoms. The summed E-state index contributed by atoms with van der Waals surface area (Å²) in [5.74, 6) is 12.3. The number of rotatable bonds is 2. The lowest BCUT2D eigenvalue weighted by Crippen LogP contribution is -2.15. The summed E-state index contributed by atoms with van der Waals surface area (Å²) in [5.41, 5.74) is 5.19. The van der Waals surface area contributed by atoms with Crippen molar-refractivity contribution < 1.29 is 0 Å². The summed E-state index contributed by atoms with van der Waals surface area (Å²) in [6, 6.07) is 21.1. The molecule has 1 atom stereocenters. The van der Waals surface area contributed by atoms with Gasteiger partial charge in [-0.2, -0.15) is 0 Å². The SMILES string of the molecule is CC#CC#CC1=C(c2ccccc2)CC1c1ccccc1. The summed E-state index contributed by atoms with van der Waals surface area (Å²) in [7, 11) is 0. The van der Waals surface area contributed by atoms with Crippen LogP contribution in [0.4, 0.5) is 0 Å². The van der Waals surface area contributed by atoms with E-state index in [1.807, 2.05) is 13.0 Å². The molecule has 0 heteroatoms. The molecule has 1 aliphatic rings. The van der Waals surface area contributed by atoms with Crippen LogP contribution < -0.4 is 0 Å². The van der Waals surface area contributed by atoms with Gasteiger partial charge in [-0.1, -0.05) is 72.5 Å². The fraction of sp³-hybridized carbons (Fsp3) is 0.143. The summed E-state index contributed by atoms with van der Waals surface area (Å²) in [4.78, 5) is 0. The van der Waals surface area contributed by atoms with Gasteiger partial charge >= 0.3 is 0 Å². The topological polar surface area (TPSA) is 0 Å². The van der Waals surface area contributed by atoms with Gasteiger partial charge in [-0.15, -0.1) is 0 Å². The van der Waals surface area contributed by atoms with Crippen LogP contribution in [0.3, 0.4) is 0 Å². The zero-order valence-electron chi connectivity index (χ0n) is 12.1. The van der Waals surface area contributed by atoms with E-state index in [1.54, 1.807) is 0 Å². The van der Waals surface area contributed by atoms with E-state index in [-0.39, 0.29) is 0 Å². The molecule has 0 N–H and O–H groups in total. The summed E-state index contributed by atoms with van der Waals surface area (Å²) in [6.45, 7) is 1.82. The molecular formula is C21H16. The maximum absolute atomic E-state index is 3.27. The van der Waals surface area contributed by atoms with E-state index >= 15 is 0 Å². The van der Waals surface area contributed by atoms with Crippen molar-refractivity contribution in [2.24, 2.45) is 0 Å². The van der Waals surface area contributed by atoms with Crippen LogP contribution in [0.25, 0.3) is 5.57 Å². The third kappa shape index (κ3) is 2.76. The van der Waals surface area contributed by atoms with Crippen molar-refractivity contribution in [1.82, 2.24) is 0 Å². The first kappa shape index (κ1) is 13.3. The number of allylic oxidation sites excluding steroid dienone is 2. The molecule has 0 saturated heterocycles. The molecule has 1 unspecified atom stereocenters. The zero-order chi connectivity index (χ0) is 14.5. The highest BCUT2D eigenvalue weighted by molar-refractivity contribution is 5.81. The summed E-state index contributed by atoms with van der Waals surface area (Å²) < 4.78 is 0. The minimum atomic E-state index is 0.410. The van der Waals surface area contributed by atoms with Crippen molar-refractivity contribution >= 4 is 5.57 Å².